The third-order valence-corrected chi connectivity index (χ3v) is 2.23. The minimum Gasteiger partial charge on any atom is -0.299 e. The molecule has 0 amide bonds. The molecule has 0 spiro atoms. The first-order valence-electron chi connectivity index (χ1n) is 4.27. The zero-order valence-electron chi connectivity index (χ0n) is 7.75. The Hall–Kier alpha value is -0.890. The Bertz CT molecular complexity index is 294. The van der Waals surface area contributed by atoms with E-state index in [0.717, 1.165) is 12.1 Å². The fourth-order valence-electron chi connectivity index (χ4n) is 1.30. The van der Waals surface area contributed by atoms with Gasteiger partial charge in [-0.15, -0.1) is 0 Å². The molecule has 1 aromatic rings. The van der Waals surface area contributed by atoms with Crippen molar-refractivity contribution in [3.8, 4) is 0 Å². The van der Waals surface area contributed by atoms with Crippen molar-refractivity contribution in [3.05, 3.63) is 29.0 Å². The zero-order chi connectivity index (χ0) is 9.84. The number of Topliss-reactive ketones (excluding diaryl/α,β-unsaturated/α-hetero) is 1. The molecular weight excluding hydrogens is 186 g/mol. The first kappa shape index (κ1) is 10.2. The van der Waals surface area contributed by atoms with E-state index in [9.17, 15) is 4.79 Å². The van der Waals surface area contributed by atoms with Gasteiger partial charge in [0.15, 0.2) is 0 Å². The Morgan fingerprint density at radius 2 is 2.31 bits per heavy atom. The highest BCUT2D eigenvalue weighted by Gasteiger charge is 2.14. The molecule has 0 bridgehead atoms. The van der Waals surface area contributed by atoms with Crippen molar-refractivity contribution in [1.29, 1.82) is 0 Å². The van der Waals surface area contributed by atoms with Crippen LogP contribution in [-0.4, -0.2) is 10.8 Å². The van der Waals surface area contributed by atoms with Gasteiger partial charge in [-0.25, -0.2) is 0 Å². The highest BCUT2D eigenvalue weighted by atomic mass is 35.5. The summed E-state index contributed by atoms with van der Waals surface area (Å²) in [6.45, 7) is 3.56. The molecule has 13 heavy (non-hydrogen) atoms. The predicted octanol–water partition coefficient (Wildman–Crippen LogP) is 2.82. The summed E-state index contributed by atoms with van der Waals surface area (Å²) in [4.78, 5) is 15.3. The molecule has 0 radical (unpaired) electrons. The van der Waals surface area contributed by atoms with Crippen LogP contribution in [0.5, 0.6) is 0 Å². The molecule has 3 heteroatoms. The van der Waals surface area contributed by atoms with E-state index < -0.39 is 0 Å². The van der Waals surface area contributed by atoms with E-state index in [1.54, 1.807) is 25.3 Å². The smallest absolute Gasteiger partial charge is 0.138 e. The molecule has 1 aromatic heterocycles. The lowest BCUT2D eigenvalue weighted by Crippen LogP contribution is -2.08. The SMILES string of the molecule is CCC(C(C)=O)c1ccc(Cl)cn1. The first-order chi connectivity index (χ1) is 6.15. The second kappa shape index (κ2) is 4.38. The molecule has 0 saturated carbocycles. The van der Waals surface area contributed by atoms with Crippen LogP contribution in [0.3, 0.4) is 0 Å². The van der Waals surface area contributed by atoms with Gasteiger partial charge < -0.3 is 0 Å². The maximum absolute atomic E-state index is 11.2. The van der Waals surface area contributed by atoms with Gasteiger partial charge in [-0.1, -0.05) is 18.5 Å². The van der Waals surface area contributed by atoms with Crippen LogP contribution in [0.1, 0.15) is 31.9 Å². The summed E-state index contributed by atoms with van der Waals surface area (Å²) in [5, 5.41) is 0.599. The summed E-state index contributed by atoms with van der Waals surface area (Å²) in [7, 11) is 0. The number of nitrogens with zero attached hydrogens (tertiary/aromatic N) is 1. The van der Waals surface area contributed by atoms with Gasteiger partial charge in [-0.2, -0.15) is 0 Å². The van der Waals surface area contributed by atoms with Gasteiger partial charge in [-0.3, -0.25) is 9.78 Å². The quantitative estimate of drug-likeness (QED) is 0.746. The van der Waals surface area contributed by atoms with Crippen molar-refractivity contribution in [2.45, 2.75) is 26.2 Å². The van der Waals surface area contributed by atoms with Gasteiger partial charge >= 0.3 is 0 Å². The van der Waals surface area contributed by atoms with Crippen molar-refractivity contribution >= 4 is 17.4 Å². The molecule has 1 heterocycles. The lowest BCUT2D eigenvalue weighted by Gasteiger charge is -2.09. The van der Waals surface area contributed by atoms with Gasteiger partial charge in [0.2, 0.25) is 0 Å². The summed E-state index contributed by atoms with van der Waals surface area (Å²) in [6, 6.07) is 3.56. The van der Waals surface area contributed by atoms with Gasteiger partial charge in [0, 0.05) is 6.20 Å². The van der Waals surface area contributed by atoms with E-state index in [1.165, 1.54) is 0 Å². The minimum atomic E-state index is -0.0859. The Morgan fingerprint density at radius 1 is 1.62 bits per heavy atom. The van der Waals surface area contributed by atoms with Crippen LogP contribution in [0.4, 0.5) is 0 Å². The van der Waals surface area contributed by atoms with E-state index >= 15 is 0 Å². The standard InChI is InChI=1S/C10H12ClNO/c1-3-9(7(2)13)10-5-4-8(11)6-12-10/h4-6,9H,3H2,1-2H3. The Balaban J connectivity index is 2.92. The lowest BCUT2D eigenvalue weighted by atomic mass is 9.98. The summed E-state index contributed by atoms with van der Waals surface area (Å²) < 4.78 is 0. The van der Waals surface area contributed by atoms with Crippen molar-refractivity contribution in [3.63, 3.8) is 0 Å². The van der Waals surface area contributed by atoms with Crippen LogP contribution in [0.2, 0.25) is 5.02 Å². The number of ketones is 1. The number of hydrogen-bond donors (Lipinski definition) is 0. The molecule has 1 atom stereocenters. The van der Waals surface area contributed by atoms with Crippen molar-refractivity contribution in [1.82, 2.24) is 4.98 Å². The number of aromatic nitrogens is 1. The first-order valence-corrected chi connectivity index (χ1v) is 4.64. The maximum atomic E-state index is 11.2. The Morgan fingerprint density at radius 3 is 2.69 bits per heavy atom. The Labute approximate surface area is 82.9 Å². The van der Waals surface area contributed by atoms with Crippen LogP contribution in [-0.2, 0) is 4.79 Å². The van der Waals surface area contributed by atoms with E-state index in [1.807, 2.05) is 6.92 Å². The van der Waals surface area contributed by atoms with Crippen molar-refractivity contribution in [2.24, 2.45) is 0 Å². The van der Waals surface area contributed by atoms with E-state index in [-0.39, 0.29) is 11.7 Å². The fourth-order valence-corrected chi connectivity index (χ4v) is 1.41. The maximum Gasteiger partial charge on any atom is 0.138 e. The van der Waals surface area contributed by atoms with Gasteiger partial charge in [0.05, 0.1) is 16.6 Å². The van der Waals surface area contributed by atoms with Crippen molar-refractivity contribution < 1.29 is 4.79 Å². The Kier molecular flexibility index (Phi) is 3.43. The third kappa shape index (κ3) is 2.52. The predicted molar refractivity (Wildman–Crippen MR) is 53.0 cm³/mol. The normalized spacial score (nSPS) is 12.5. The van der Waals surface area contributed by atoms with E-state index in [2.05, 4.69) is 4.98 Å². The molecule has 70 valence electrons. The number of carbonyl (C=O) groups is 1. The summed E-state index contributed by atoms with van der Waals surface area (Å²) >= 11 is 5.69. The molecule has 0 aliphatic heterocycles. The van der Waals surface area contributed by atoms with E-state index in [0.29, 0.717) is 5.02 Å². The summed E-state index contributed by atoms with van der Waals surface area (Å²) in [5.74, 6) is 0.0644. The third-order valence-electron chi connectivity index (χ3n) is 2.01. The molecule has 0 aliphatic carbocycles. The van der Waals surface area contributed by atoms with Gasteiger partial charge in [-0.05, 0) is 25.5 Å². The van der Waals surface area contributed by atoms with Crippen LogP contribution >= 0.6 is 11.6 Å². The average Bonchev–Trinajstić information content (AvgIpc) is 2.09. The molecule has 2 nitrogen and oxygen atoms in total. The van der Waals surface area contributed by atoms with Gasteiger partial charge in [0.25, 0.3) is 0 Å². The lowest BCUT2D eigenvalue weighted by molar-refractivity contribution is -0.118. The number of rotatable bonds is 3. The van der Waals surface area contributed by atoms with Crippen LogP contribution in [0, 0.1) is 0 Å². The second-order valence-electron chi connectivity index (χ2n) is 2.97. The minimum absolute atomic E-state index is 0.0859. The molecule has 0 fully saturated rings. The topological polar surface area (TPSA) is 30.0 Å². The molecule has 1 unspecified atom stereocenters. The van der Waals surface area contributed by atoms with Crippen LogP contribution in [0.15, 0.2) is 18.3 Å². The molecule has 0 aliphatic rings. The number of pyridine rings is 1. The number of carbonyl (C=O) groups excluding carboxylic acids is 1. The molecule has 0 N–H and O–H groups in total. The van der Waals surface area contributed by atoms with Gasteiger partial charge in [0.1, 0.15) is 5.78 Å². The zero-order valence-corrected chi connectivity index (χ0v) is 8.51. The second-order valence-corrected chi connectivity index (χ2v) is 3.41. The van der Waals surface area contributed by atoms with Crippen LogP contribution in [0.25, 0.3) is 0 Å². The highest BCUT2D eigenvalue weighted by Crippen LogP contribution is 2.19. The molecule has 0 saturated heterocycles. The molecule has 0 aromatic carbocycles. The average molecular weight is 198 g/mol. The van der Waals surface area contributed by atoms with Crippen LogP contribution < -0.4 is 0 Å². The molecule has 1 rings (SSSR count). The highest BCUT2D eigenvalue weighted by molar-refractivity contribution is 6.30. The largest absolute Gasteiger partial charge is 0.299 e. The fraction of sp³-hybridized carbons (Fsp3) is 0.400. The van der Waals surface area contributed by atoms with E-state index in [4.69, 9.17) is 11.6 Å². The van der Waals surface area contributed by atoms with Crippen molar-refractivity contribution in [2.75, 3.05) is 0 Å². The monoisotopic (exact) mass is 197 g/mol. The summed E-state index contributed by atoms with van der Waals surface area (Å²) in [6.07, 6.45) is 2.35. The summed E-state index contributed by atoms with van der Waals surface area (Å²) in [5.41, 5.74) is 0.805. The number of hydrogen-bond acceptors (Lipinski definition) is 2. The number of halogens is 1. The molecular formula is C10H12ClNO.